The zero-order valence-electron chi connectivity index (χ0n) is 38.5. The molecule has 8 heteroatoms. The Kier molecular flexibility index (Phi) is 39.5. The van der Waals surface area contributed by atoms with Gasteiger partial charge in [-0.2, -0.15) is 0 Å². The van der Waals surface area contributed by atoms with Crippen LogP contribution in [0.4, 0.5) is 0 Å². The molecule has 0 amide bonds. The molecule has 0 aromatic rings. The van der Waals surface area contributed by atoms with E-state index in [9.17, 15) is 19.5 Å². The van der Waals surface area contributed by atoms with Crippen molar-refractivity contribution in [3.05, 3.63) is 36.5 Å². The van der Waals surface area contributed by atoms with Crippen LogP contribution >= 0.6 is 0 Å². The third-order valence-electron chi connectivity index (χ3n) is 10.7. The van der Waals surface area contributed by atoms with Gasteiger partial charge in [0, 0.05) is 19.3 Å². The van der Waals surface area contributed by atoms with E-state index in [1.165, 1.54) is 116 Å². The minimum atomic E-state index is -1.13. The van der Waals surface area contributed by atoms with Crippen molar-refractivity contribution in [3.63, 3.8) is 0 Å². The lowest BCUT2D eigenvalue weighted by Gasteiger charge is -2.34. The van der Waals surface area contributed by atoms with Gasteiger partial charge in [-0.3, -0.25) is 9.59 Å². The van der Waals surface area contributed by atoms with Crippen molar-refractivity contribution in [3.8, 4) is 0 Å². The summed E-state index contributed by atoms with van der Waals surface area (Å²) in [7, 11) is 5.41. The second-order valence-electron chi connectivity index (χ2n) is 17.3. The maximum atomic E-state index is 12.7. The number of hydrogen-bond donors (Lipinski definition) is 0. The van der Waals surface area contributed by atoms with E-state index in [4.69, 9.17) is 14.2 Å². The fourth-order valence-corrected chi connectivity index (χ4v) is 6.98. The molecule has 0 saturated heterocycles. The van der Waals surface area contributed by atoms with E-state index in [0.29, 0.717) is 12.8 Å². The van der Waals surface area contributed by atoms with Gasteiger partial charge in [0.15, 0.2) is 6.10 Å². The summed E-state index contributed by atoms with van der Waals surface area (Å²) in [6.45, 7) is 4.64. The number of carbonyl (C=O) groups excluding carboxylic acids is 3. The summed E-state index contributed by atoms with van der Waals surface area (Å²) in [6.07, 6.45) is 47.3. The summed E-state index contributed by atoms with van der Waals surface area (Å²) < 4.78 is 17.2. The number of carboxylic acids is 1. The molecule has 0 spiro atoms. The highest BCUT2D eigenvalue weighted by molar-refractivity contribution is 5.70. The number of likely N-dealkylation sites (N-methyl/N-ethyl adjacent to an activating group) is 1. The Balaban J connectivity index is 4.32. The molecule has 2 atom stereocenters. The van der Waals surface area contributed by atoms with Crippen LogP contribution in [0.2, 0.25) is 0 Å². The van der Waals surface area contributed by atoms with E-state index in [-0.39, 0.29) is 42.7 Å². The number of hydrogen-bond acceptors (Lipinski definition) is 7. The van der Waals surface area contributed by atoms with Crippen molar-refractivity contribution in [2.75, 3.05) is 41.0 Å². The number of ether oxygens (including phenoxy) is 3. The number of carboxylic acid groups (broad SMARTS) is 1. The first-order chi connectivity index (χ1) is 28.1. The second-order valence-corrected chi connectivity index (χ2v) is 17.3. The van der Waals surface area contributed by atoms with Gasteiger partial charge in [0.2, 0.25) is 0 Å². The molecule has 0 aliphatic rings. The highest BCUT2D eigenvalue weighted by atomic mass is 16.6. The molecule has 0 bridgehead atoms. The molecule has 58 heavy (non-hydrogen) atoms. The normalized spacial score (nSPS) is 13.2. The average Bonchev–Trinajstić information content (AvgIpc) is 3.18. The van der Waals surface area contributed by atoms with Crippen LogP contribution in [0.25, 0.3) is 0 Å². The van der Waals surface area contributed by atoms with Crippen molar-refractivity contribution in [1.29, 1.82) is 0 Å². The lowest BCUT2D eigenvalue weighted by Crippen LogP contribution is -2.55. The molecule has 0 saturated carbocycles. The van der Waals surface area contributed by atoms with E-state index in [1.54, 1.807) is 21.1 Å². The fraction of sp³-hybridized carbons (Fsp3) is 0.820. The predicted molar refractivity (Wildman–Crippen MR) is 240 cm³/mol. The number of nitrogens with zero attached hydrogens (tertiary/aromatic N) is 1. The number of aliphatic carboxylic acids is 1. The highest BCUT2D eigenvalue weighted by Gasteiger charge is 2.25. The molecule has 8 nitrogen and oxygen atoms in total. The molecule has 0 heterocycles. The molecule has 0 radical (unpaired) electrons. The van der Waals surface area contributed by atoms with Crippen LogP contribution in [-0.2, 0) is 28.6 Å². The van der Waals surface area contributed by atoms with Crippen LogP contribution in [0.1, 0.15) is 213 Å². The fourth-order valence-electron chi connectivity index (χ4n) is 6.98. The summed E-state index contributed by atoms with van der Waals surface area (Å²) in [5, 5.41) is 11.6. The maximum Gasteiger partial charge on any atom is 0.306 e. The Bertz CT molecular complexity index is 1050. The standard InChI is InChI=1S/C50H91NO7/c1-6-8-10-12-14-16-18-20-22-24-25-27-29-31-33-35-37-39-41-49(53)58-46(44-56-43-42-47(50(54)55)51(3,4)5)45-57-48(52)40-38-36-34-32-30-28-26-23-21-19-17-15-13-11-9-7-2/h16,18,22-24,26,46-47H,6-15,17,19-21,25,27-45H2,1-5H3/b18-16-,24-22-,26-23-. The first-order valence-corrected chi connectivity index (χ1v) is 24.0. The van der Waals surface area contributed by atoms with Crippen molar-refractivity contribution in [2.45, 2.75) is 225 Å². The zero-order valence-corrected chi connectivity index (χ0v) is 38.5. The Morgan fingerprint density at radius 2 is 0.914 bits per heavy atom. The van der Waals surface area contributed by atoms with Gasteiger partial charge >= 0.3 is 11.9 Å². The number of esters is 2. The Morgan fingerprint density at radius 1 is 0.517 bits per heavy atom. The van der Waals surface area contributed by atoms with E-state index in [2.05, 4.69) is 50.3 Å². The smallest absolute Gasteiger partial charge is 0.306 e. The Hall–Kier alpha value is -2.45. The van der Waals surface area contributed by atoms with Gasteiger partial charge in [-0.05, 0) is 70.6 Å². The van der Waals surface area contributed by atoms with E-state index < -0.39 is 18.1 Å². The predicted octanol–water partition coefficient (Wildman–Crippen LogP) is 12.1. The summed E-state index contributed by atoms with van der Waals surface area (Å²) in [5.74, 6) is -1.75. The quantitative estimate of drug-likeness (QED) is 0.0261. The molecule has 0 N–H and O–H groups in total. The summed E-state index contributed by atoms with van der Waals surface area (Å²) in [4.78, 5) is 36.9. The van der Waals surface area contributed by atoms with Crippen LogP contribution in [0, 0.1) is 0 Å². The third-order valence-corrected chi connectivity index (χ3v) is 10.7. The van der Waals surface area contributed by atoms with Gasteiger partial charge in [-0.1, -0.05) is 159 Å². The van der Waals surface area contributed by atoms with E-state index in [0.717, 1.165) is 64.2 Å². The molecule has 338 valence electrons. The minimum absolute atomic E-state index is 0.0361. The average molecular weight is 818 g/mol. The molecular weight excluding hydrogens is 727 g/mol. The van der Waals surface area contributed by atoms with Crippen LogP contribution in [0.3, 0.4) is 0 Å². The van der Waals surface area contributed by atoms with Crippen LogP contribution in [-0.4, -0.2) is 75.5 Å². The molecule has 0 aliphatic heterocycles. The van der Waals surface area contributed by atoms with Gasteiger partial charge in [0.05, 0.1) is 40.3 Å². The molecule has 0 aromatic carbocycles. The lowest BCUT2D eigenvalue weighted by molar-refractivity contribution is -0.889. The lowest BCUT2D eigenvalue weighted by atomic mass is 10.1. The second kappa shape index (κ2) is 41.3. The van der Waals surface area contributed by atoms with Gasteiger partial charge < -0.3 is 28.6 Å². The van der Waals surface area contributed by atoms with Gasteiger partial charge in [0.25, 0.3) is 0 Å². The third kappa shape index (κ3) is 39.0. The SMILES string of the molecule is CCCCCC/C=C\C/C=C\CCCCCCCCCC(=O)OC(COCCC(C(=O)[O-])[N+](C)(C)C)COC(=O)CCCCCCC/C=C\CCCCCCCCC. The number of allylic oxidation sites excluding steroid dienone is 6. The maximum absolute atomic E-state index is 12.7. The van der Waals surface area contributed by atoms with Gasteiger partial charge in [-0.15, -0.1) is 0 Å². The Morgan fingerprint density at radius 3 is 1.36 bits per heavy atom. The molecule has 2 unspecified atom stereocenters. The number of quaternary nitrogens is 1. The van der Waals surface area contributed by atoms with Crippen molar-refractivity contribution in [2.24, 2.45) is 0 Å². The highest BCUT2D eigenvalue weighted by Crippen LogP contribution is 2.14. The van der Waals surface area contributed by atoms with Gasteiger partial charge in [-0.25, -0.2) is 0 Å². The van der Waals surface area contributed by atoms with E-state index in [1.807, 2.05) is 0 Å². The van der Waals surface area contributed by atoms with Crippen LogP contribution in [0.15, 0.2) is 36.5 Å². The number of rotatable bonds is 43. The monoisotopic (exact) mass is 818 g/mol. The largest absolute Gasteiger partial charge is 0.544 e. The first-order valence-electron chi connectivity index (χ1n) is 24.0. The summed E-state index contributed by atoms with van der Waals surface area (Å²) in [5.41, 5.74) is 0. The molecule has 0 rings (SSSR count). The summed E-state index contributed by atoms with van der Waals surface area (Å²) in [6, 6.07) is -0.728. The Labute approximate surface area is 357 Å². The molecule has 0 fully saturated rings. The first kappa shape index (κ1) is 55.5. The molecular formula is C50H91NO7. The number of unbranched alkanes of at least 4 members (excludes halogenated alkanes) is 23. The topological polar surface area (TPSA) is 102 Å². The minimum Gasteiger partial charge on any atom is -0.544 e. The summed E-state index contributed by atoms with van der Waals surface area (Å²) >= 11 is 0. The van der Waals surface area contributed by atoms with E-state index >= 15 is 0 Å². The molecule has 0 aliphatic carbocycles. The number of carbonyl (C=O) groups is 3. The van der Waals surface area contributed by atoms with Crippen molar-refractivity contribution >= 4 is 17.9 Å². The zero-order chi connectivity index (χ0) is 42.8. The van der Waals surface area contributed by atoms with Crippen molar-refractivity contribution < 1.29 is 38.2 Å². The van der Waals surface area contributed by atoms with Crippen LogP contribution < -0.4 is 5.11 Å². The van der Waals surface area contributed by atoms with Crippen LogP contribution in [0.5, 0.6) is 0 Å². The van der Waals surface area contributed by atoms with Crippen molar-refractivity contribution in [1.82, 2.24) is 0 Å². The van der Waals surface area contributed by atoms with Gasteiger partial charge in [0.1, 0.15) is 12.6 Å². The molecule has 0 aromatic heterocycles.